The molecule has 0 aliphatic heterocycles. The average Bonchev–Trinajstić information content (AvgIpc) is 1.50. The van der Waals surface area contributed by atoms with E-state index in [0.29, 0.717) is 37.6 Å². The topological polar surface area (TPSA) is 252 Å². The molecule has 0 saturated heterocycles. The number of carbonyl (C=O) groups excluding carboxylic acids is 3. The minimum Gasteiger partial charge on any atom is -0.646 e. The smallest absolute Gasteiger partial charge is 0.364 e. The molecular formula is C70H74N16O6+8. The summed E-state index contributed by atoms with van der Waals surface area (Å²) in [7, 11) is 7.83. The van der Waals surface area contributed by atoms with Crippen LogP contribution in [0.3, 0.4) is 0 Å². The maximum atomic E-state index is 14.0. The Balaban J connectivity index is 0.841. The molecule has 10 aromatic rings. The van der Waals surface area contributed by atoms with Crippen molar-refractivity contribution < 1.29 is 81.2 Å². The number of nitrogens with one attached hydrogen (secondary N) is 3. The van der Waals surface area contributed by atoms with Crippen LogP contribution in [0.25, 0.3) is 71.8 Å². The molecule has 0 saturated carbocycles. The number of H-pyrrole nitrogens is 2. The number of carbonyl (C=O) groups is 3. The Morgan fingerprint density at radius 1 is 0.391 bits per heavy atom. The van der Waals surface area contributed by atoms with Gasteiger partial charge in [-0.1, -0.05) is 19.6 Å². The molecule has 22 nitrogen and oxygen atoms in total. The van der Waals surface area contributed by atoms with Gasteiger partial charge < -0.3 is 45.7 Å². The van der Waals surface area contributed by atoms with Gasteiger partial charge in [-0.25, -0.2) is 56.9 Å². The molecule has 462 valence electrons. The number of hydrogen-bond donors (Lipinski definition) is 4. The zero-order valence-electron chi connectivity index (χ0n) is 51.6. The third kappa shape index (κ3) is 17.3. The largest absolute Gasteiger partial charge is 0.646 e. The summed E-state index contributed by atoms with van der Waals surface area (Å²) in [5.41, 5.74) is 9.37. The maximum absolute atomic E-state index is 14.0. The summed E-state index contributed by atoms with van der Waals surface area (Å²) in [6.45, 7) is 1.69. The highest BCUT2D eigenvalue weighted by Crippen LogP contribution is 2.20. The van der Waals surface area contributed by atoms with Crippen molar-refractivity contribution in [2.75, 3.05) is 26.2 Å². The van der Waals surface area contributed by atoms with Crippen molar-refractivity contribution in [2.45, 2.75) is 38.3 Å². The molecule has 10 aromatic heterocycles. The predicted molar refractivity (Wildman–Crippen MR) is 337 cm³/mol. The highest BCUT2D eigenvalue weighted by Gasteiger charge is 2.27. The molecule has 92 heavy (non-hydrogen) atoms. The summed E-state index contributed by atoms with van der Waals surface area (Å²) >= 11 is 0. The van der Waals surface area contributed by atoms with Gasteiger partial charge in [0, 0.05) is 132 Å². The van der Waals surface area contributed by atoms with Gasteiger partial charge in [-0.3, -0.25) is 0 Å². The van der Waals surface area contributed by atoms with Crippen LogP contribution in [-0.4, -0.2) is 89.0 Å². The first-order valence-corrected chi connectivity index (χ1v) is 30.0. The molecule has 0 aromatic carbocycles. The number of amides is 3. The van der Waals surface area contributed by atoms with E-state index in [1.807, 2.05) is 261 Å². The van der Waals surface area contributed by atoms with Crippen LogP contribution in [0, 0.1) is 0 Å². The van der Waals surface area contributed by atoms with Crippen molar-refractivity contribution in [1.29, 1.82) is 0 Å². The van der Waals surface area contributed by atoms with Gasteiger partial charge in [-0.15, -0.1) is 0 Å². The summed E-state index contributed by atoms with van der Waals surface area (Å²) < 4.78 is 15.4. The number of aromatic amines is 2. The quantitative estimate of drug-likeness (QED) is 0.0288. The van der Waals surface area contributed by atoms with Crippen molar-refractivity contribution in [1.82, 2.24) is 0 Å². The number of nitrogens with zero attached hydrogens (tertiary/aromatic N) is 13. The van der Waals surface area contributed by atoms with Gasteiger partial charge in [0.1, 0.15) is 53.9 Å². The Kier molecular flexibility index (Phi) is 21.0. The van der Waals surface area contributed by atoms with Crippen LogP contribution in [-0.2, 0) is 68.8 Å². The fraction of sp³-hybridized carbons (Fsp3) is 0.200. The molecule has 10 heterocycles. The first-order chi connectivity index (χ1) is 44.7. The lowest BCUT2D eigenvalue weighted by Crippen LogP contribution is -2.77. The Labute approximate surface area is 532 Å². The molecule has 6 N–H and O–H groups in total. The van der Waals surface area contributed by atoms with E-state index in [-0.39, 0.29) is 37.3 Å². The van der Waals surface area contributed by atoms with E-state index in [1.54, 1.807) is 6.07 Å². The van der Waals surface area contributed by atoms with Gasteiger partial charge in [0.15, 0.2) is 112 Å². The molecule has 0 aliphatic carbocycles. The Morgan fingerprint density at radius 3 is 0.957 bits per heavy atom. The molecule has 22 heteroatoms. The standard InChI is InChI=1S/C70H68N16O6/c1-79-29-7-51(8-30-79)55-15-37-83(38-16-55)45-25-73-67(89)63(68(90)74-26-46-84-39-17-56(18-40-84)52-9-31-80(2)32-10-52)77-65(87)59-5-23-71-61(49-59)62-50-60(6-24-72-62)66(88)78-64(69(91)75-27-47-85-41-19-57(20-42-85)53-11-33-81(3)34-12-53)70(92)76-28-48-86-43-21-58(22-44-86)54-13-35-82(4)36-14-54/h5-24,29-44,49-50,63-64H,25-28,45-48H2,1-4H3/q+2/p+6. The Morgan fingerprint density at radius 2 is 0.652 bits per heavy atom. The summed E-state index contributed by atoms with van der Waals surface area (Å²) in [6, 6.07) is 34.7. The second kappa shape index (κ2) is 30.5. The predicted octanol–water partition coefficient (Wildman–Crippen LogP) is 1.98. The minimum absolute atomic E-state index is 0.0171. The van der Waals surface area contributed by atoms with Crippen LogP contribution in [0.4, 0.5) is 0 Å². The number of aryl methyl sites for hydroxylation is 4. The number of hydrogen-bond acceptors (Lipinski definition) is 5. The molecule has 0 radical (unpaired) electrons. The minimum atomic E-state index is -1.79. The van der Waals surface area contributed by atoms with Gasteiger partial charge in [0.25, 0.3) is 11.4 Å². The van der Waals surface area contributed by atoms with E-state index >= 15 is 0 Å². The molecule has 1 unspecified atom stereocenters. The van der Waals surface area contributed by atoms with Crippen molar-refractivity contribution in [3.05, 3.63) is 260 Å². The van der Waals surface area contributed by atoms with Crippen LogP contribution in [0.5, 0.6) is 0 Å². The van der Waals surface area contributed by atoms with Crippen molar-refractivity contribution >= 4 is 35.4 Å². The third-order valence-corrected chi connectivity index (χ3v) is 15.2. The average molecular weight is 1240 g/mol. The number of aliphatic hydroxyl groups is 3. The summed E-state index contributed by atoms with van der Waals surface area (Å²) in [4.78, 5) is 59.7. The monoisotopic (exact) mass is 1230 g/mol. The summed E-state index contributed by atoms with van der Waals surface area (Å²) in [5.74, 6) is -4.26. The highest BCUT2D eigenvalue weighted by molar-refractivity contribution is 6.16. The molecule has 0 spiro atoms. The van der Waals surface area contributed by atoms with E-state index < -0.39 is 47.5 Å². The Hall–Kier alpha value is -11.7. The number of rotatable bonds is 25. The van der Waals surface area contributed by atoms with Crippen LogP contribution in [0.15, 0.2) is 243 Å². The normalized spacial score (nSPS) is 12.1. The summed E-state index contributed by atoms with van der Waals surface area (Å²) in [5, 5.41) is 47.6. The van der Waals surface area contributed by atoms with Gasteiger partial charge in [-0.2, -0.15) is 4.57 Å². The van der Waals surface area contributed by atoms with Crippen molar-refractivity contribution in [2.24, 2.45) is 38.2 Å². The van der Waals surface area contributed by atoms with Crippen LogP contribution < -0.4 is 51.5 Å². The van der Waals surface area contributed by atoms with Gasteiger partial charge in [0.2, 0.25) is 30.9 Å². The fourth-order valence-electron chi connectivity index (χ4n) is 9.83. The highest BCUT2D eigenvalue weighted by atomic mass is 16.3. The van der Waals surface area contributed by atoms with Crippen molar-refractivity contribution in [3.8, 4) is 55.9 Å². The number of pyridine rings is 10. The first kappa shape index (κ1) is 63.3. The second-order valence-electron chi connectivity index (χ2n) is 22.0. The molecule has 3 amide bonds. The lowest BCUT2D eigenvalue weighted by Gasteiger charge is -2.27. The molecule has 0 aliphatic rings. The zero-order chi connectivity index (χ0) is 64.3. The van der Waals surface area contributed by atoms with E-state index in [9.17, 15) is 29.7 Å². The maximum Gasteiger partial charge on any atom is 0.364 e. The SMILES string of the molecule is C[n+]1ccc(-c2cc[n+](CC[N-]C(=O)C(N=C(O)c3cc[nH+]c(-c4cc(C(O)=NC(C(=O)[N-]CC[n+]5ccc(-c6cc[n+](C)cc6)cc5)C(O)=[NH+]CC[n+]5ccc(-c6cc[n+](C)cc6)cc5)cc[nH+]4)c3)C(=O)[N-]CC[n+]3ccc(-c4cc[n+](C)cc4)cc3)cc2)cc1. The van der Waals surface area contributed by atoms with E-state index in [1.165, 1.54) is 30.6 Å². The fourth-order valence-corrected chi connectivity index (χ4v) is 9.83. The second-order valence-corrected chi connectivity index (χ2v) is 22.0. The number of aliphatic imine (C=N–C) groups is 2. The van der Waals surface area contributed by atoms with Gasteiger partial charge in [-0.05, 0) is 44.5 Å². The van der Waals surface area contributed by atoms with E-state index in [2.05, 4.69) is 40.9 Å². The van der Waals surface area contributed by atoms with Crippen LogP contribution in [0.1, 0.15) is 11.1 Å². The van der Waals surface area contributed by atoms with E-state index in [4.69, 9.17) is 0 Å². The molecular weight excluding hydrogens is 1160 g/mol. The van der Waals surface area contributed by atoms with Gasteiger partial charge >= 0.3 is 5.90 Å². The van der Waals surface area contributed by atoms with E-state index in [0.717, 1.165) is 44.5 Å². The third-order valence-electron chi connectivity index (χ3n) is 15.2. The summed E-state index contributed by atoms with van der Waals surface area (Å²) in [6.07, 6.45) is 34.1. The van der Waals surface area contributed by atoms with Gasteiger partial charge in [0.05, 0.1) is 17.7 Å². The molecule has 0 bridgehead atoms. The zero-order valence-corrected chi connectivity index (χ0v) is 51.6. The van der Waals surface area contributed by atoms with Crippen molar-refractivity contribution in [3.63, 3.8) is 0 Å². The number of aliphatic hydroxyl groups excluding tert-OH is 3. The molecule has 0 fully saturated rings. The Bertz CT molecular complexity index is 4140. The lowest BCUT2D eigenvalue weighted by atomic mass is 10.1. The first-order valence-electron chi connectivity index (χ1n) is 30.0. The molecule has 1 atom stereocenters. The molecule has 10 rings (SSSR count). The van der Waals surface area contributed by atoms with Crippen LogP contribution in [0.2, 0.25) is 0 Å². The lowest BCUT2D eigenvalue weighted by molar-refractivity contribution is -0.718. The van der Waals surface area contributed by atoms with Crippen LogP contribution >= 0.6 is 0 Å². The number of aromatic nitrogens is 10.